The van der Waals surface area contributed by atoms with Gasteiger partial charge in [0.1, 0.15) is 22.2 Å². The molecule has 7 heteroatoms. The molecule has 0 N–H and O–H groups in total. The van der Waals surface area contributed by atoms with E-state index in [0.29, 0.717) is 28.0 Å². The summed E-state index contributed by atoms with van der Waals surface area (Å²) in [5.41, 5.74) is 1.80. The Kier molecular flexibility index (Phi) is 4.62. The molecule has 2 heterocycles. The van der Waals surface area contributed by atoms with Gasteiger partial charge in [-0.2, -0.15) is 0 Å². The van der Waals surface area contributed by atoms with Gasteiger partial charge in [-0.25, -0.2) is 19.7 Å². The van der Waals surface area contributed by atoms with Crippen LogP contribution in [0, 0.1) is 27.7 Å². The molecule has 2 aromatic heterocycles. The normalized spacial score (nSPS) is 10.7. The lowest BCUT2D eigenvalue weighted by molar-refractivity contribution is 0.0430. The average molecular weight is 307 g/mol. The first-order valence-electron chi connectivity index (χ1n) is 6.41. The molecule has 21 heavy (non-hydrogen) atoms. The van der Waals surface area contributed by atoms with Crippen molar-refractivity contribution < 1.29 is 13.9 Å². The Morgan fingerprint density at radius 3 is 2.43 bits per heavy atom. The number of rotatable bonds is 4. The number of hydrogen-bond acceptors (Lipinski definition) is 7. The van der Waals surface area contributed by atoms with Crippen molar-refractivity contribution >= 4 is 17.7 Å². The van der Waals surface area contributed by atoms with Crippen molar-refractivity contribution in [2.24, 2.45) is 0 Å². The minimum absolute atomic E-state index is 0.00531. The summed E-state index contributed by atoms with van der Waals surface area (Å²) in [6, 6.07) is 0. The summed E-state index contributed by atoms with van der Waals surface area (Å²) in [5.74, 6) is 1.27. The van der Waals surface area contributed by atoms with Gasteiger partial charge in [0.25, 0.3) is 0 Å². The van der Waals surface area contributed by atoms with Gasteiger partial charge in [0, 0.05) is 0 Å². The van der Waals surface area contributed by atoms with Crippen LogP contribution >= 0.6 is 11.8 Å². The molecular weight excluding hydrogens is 290 g/mol. The van der Waals surface area contributed by atoms with Crippen molar-refractivity contribution in [3.05, 3.63) is 34.4 Å². The number of carbonyl (C=O) groups is 1. The van der Waals surface area contributed by atoms with E-state index in [1.165, 1.54) is 11.8 Å². The Hall–Kier alpha value is -1.89. The van der Waals surface area contributed by atoms with E-state index in [1.807, 2.05) is 20.1 Å². The van der Waals surface area contributed by atoms with E-state index < -0.39 is 5.97 Å². The highest BCUT2D eigenvalue weighted by atomic mass is 32.2. The molecule has 0 saturated carbocycles. The summed E-state index contributed by atoms with van der Waals surface area (Å²) in [6.07, 6.45) is 1.86. The topological polar surface area (TPSA) is 78.1 Å². The predicted molar refractivity (Wildman–Crippen MR) is 78.4 cm³/mol. The lowest BCUT2D eigenvalue weighted by Crippen LogP contribution is -2.12. The molecule has 0 aliphatic carbocycles. The van der Waals surface area contributed by atoms with Gasteiger partial charge in [-0.05, 0) is 34.0 Å². The SMILES string of the molecule is CSc1nc(C)nc(C)c1C(=O)OCc1nc(C)c(C)o1. The first-order chi connectivity index (χ1) is 9.92. The quantitative estimate of drug-likeness (QED) is 0.488. The number of ether oxygens (including phenoxy) is 1. The Morgan fingerprint density at radius 1 is 1.14 bits per heavy atom. The Labute approximate surface area is 127 Å². The van der Waals surface area contributed by atoms with Crippen LogP contribution in [0.15, 0.2) is 9.44 Å². The Morgan fingerprint density at radius 2 is 1.86 bits per heavy atom. The molecule has 6 nitrogen and oxygen atoms in total. The highest BCUT2D eigenvalue weighted by molar-refractivity contribution is 7.98. The molecule has 0 unspecified atom stereocenters. The number of thioether (sulfide) groups is 1. The first-order valence-corrected chi connectivity index (χ1v) is 7.64. The summed E-state index contributed by atoms with van der Waals surface area (Å²) >= 11 is 1.39. The molecule has 0 fully saturated rings. The number of oxazole rings is 1. The maximum atomic E-state index is 12.2. The van der Waals surface area contributed by atoms with Crippen LogP contribution < -0.4 is 0 Å². The maximum absolute atomic E-state index is 12.2. The minimum atomic E-state index is -0.467. The van der Waals surface area contributed by atoms with Crippen LogP contribution in [0.5, 0.6) is 0 Å². The molecule has 0 radical (unpaired) electrons. The zero-order chi connectivity index (χ0) is 15.6. The fourth-order valence-corrected chi connectivity index (χ4v) is 2.52. The Bertz CT molecular complexity index is 663. The number of aromatic nitrogens is 3. The molecule has 0 saturated heterocycles. The third-order valence-electron chi connectivity index (χ3n) is 2.97. The second kappa shape index (κ2) is 6.26. The fraction of sp³-hybridized carbons (Fsp3) is 0.429. The summed E-state index contributed by atoms with van der Waals surface area (Å²) in [6.45, 7) is 7.21. The highest BCUT2D eigenvalue weighted by Gasteiger charge is 2.20. The average Bonchev–Trinajstić information content (AvgIpc) is 2.74. The zero-order valence-corrected chi connectivity index (χ0v) is 13.5. The van der Waals surface area contributed by atoms with Crippen LogP contribution in [0.3, 0.4) is 0 Å². The van der Waals surface area contributed by atoms with Crippen molar-refractivity contribution in [2.75, 3.05) is 6.26 Å². The van der Waals surface area contributed by atoms with Gasteiger partial charge in [0.2, 0.25) is 5.89 Å². The number of carbonyl (C=O) groups excluding carboxylic acids is 1. The Balaban J connectivity index is 2.17. The number of nitrogens with zero attached hydrogens (tertiary/aromatic N) is 3. The molecular formula is C14H17N3O3S. The van der Waals surface area contributed by atoms with E-state index in [0.717, 1.165) is 11.5 Å². The molecule has 0 aromatic carbocycles. The third kappa shape index (κ3) is 3.41. The van der Waals surface area contributed by atoms with E-state index in [1.54, 1.807) is 13.8 Å². The molecule has 112 valence electrons. The summed E-state index contributed by atoms with van der Waals surface area (Å²) in [7, 11) is 0. The number of hydrogen-bond donors (Lipinski definition) is 0. The van der Waals surface area contributed by atoms with Crippen molar-refractivity contribution in [3.63, 3.8) is 0 Å². The highest BCUT2D eigenvalue weighted by Crippen LogP contribution is 2.22. The van der Waals surface area contributed by atoms with Crippen LogP contribution in [0.1, 0.15) is 39.2 Å². The van der Waals surface area contributed by atoms with Crippen molar-refractivity contribution in [1.82, 2.24) is 15.0 Å². The van der Waals surface area contributed by atoms with Gasteiger partial charge in [-0.3, -0.25) is 0 Å². The minimum Gasteiger partial charge on any atom is -0.452 e. The standard InChI is InChI=1S/C14H17N3O3S/c1-7-9(3)20-11(16-7)6-19-14(18)12-8(2)15-10(4)17-13(12)21-5/h6H2,1-5H3. The molecule has 2 aromatic rings. The van der Waals surface area contributed by atoms with Gasteiger partial charge in [-0.15, -0.1) is 11.8 Å². The van der Waals surface area contributed by atoms with Crippen molar-refractivity contribution in [3.8, 4) is 0 Å². The van der Waals surface area contributed by atoms with E-state index in [4.69, 9.17) is 9.15 Å². The second-order valence-electron chi connectivity index (χ2n) is 4.57. The van der Waals surface area contributed by atoms with E-state index >= 15 is 0 Å². The van der Waals surface area contributed by atoms with Crippen LogP contribution in [0.2, 0.25) is 0 Å². The molecule has 0 atom stereocenters. The molecule has 0 aliphatic heterocycles. The van der Waals surface area contributed by atoms with E-state index in [2.05, 4.69) is 15.0 Å². The van der Waals surface area contributed by atoms with Gasteiger partial charge < -0.3 is 9.15 Å². The van der Waals surface area contributed by atoms with Crippen molar-refractivity contribution in [1.29, 1.82) is 0 Å². The van der Waals surface area contributed by atoms with E-state index in [-0.39, 0.29) is 6.61 Å². The van der Waals surface area contributed by atoms with Crippen LogP contribution in [-0.4, -0.2) is 27.2 Å². The predicted octanol–water partition coefficient (Wildman–Crippen LogP) is 2.78. The first kappa shape index (κ1) is 15.5. The summed E-state index contributed by atoms with van der Waals surface area (Å²) < 4.78 is 10.6. The third-order valence-corrected chi connectivity index (χ3v) is 3.65. The maximum Gasteiger partial charge on any atom is 0.343 e. The van der Waals surface area contributed by atoms with Gasteiger partial charge in [0.15, 0.2) is 6.61 Å². The lowest BCUT2D eigenvalue weighted by Gasteiger charge is -2.09. The van der Waals surface area contributed by atoms with E-state index in [9.17, 15) is 4.79 Å². The monoisotopic (exact) mass is 307 g/mol. The van der Waals surface area contributed by atoms with Crippen molar-refractivity contribution in [2.45, 2.75) is 39.3 Å². The smallest absolute Gasteiger partial charge is 0.343 e. The molecule has 2 rings (SSSR count). The lowest BCUT2D eigenvalue weighted by atomic mass is 10.2. The largest absolute Gasteiger partial charge is 0.452 e. The van der Waals surface area contributed by atoms with Gasteiger partial charge in [0.05, 0.1) is 11.4 Å². The van der Waals surface area contributed by atoms with Crippen LogP contribution in [0.25, 0.3) is 0 Å². The summed E-state index contributed by atoms with van der Waals surface area (Å²) in [5, 5.41) is 0.616. The number of esters is 1. The van der Waals surface area contributed by atoms with Gasteiger partial charge in [-0.1, -0.05) is 0 Å². The zero-order valence-electron chi connectivity index (χ0n) is 12.7. The number of aryl methyl sites for hydroxylation is 4. The van der Waals surface area contributed by atoms with Crippen LogP contribution in [0.4, 0.5) is 0 Å². The van der Waals surface area contributed by atoms with Crippen LogP contribution in [-0.2, 0) is 11.3 Å². The molecule has 0 spiro atoms. The molecule has 0 bridgehead atoms. The second-order valence-corrected chi connectivity index (χ2v) is 5.36. The molecule has 0 aliphatic rings. The molecule has 0 amide bonds. The summed E-state index contributed by atoms with van der Waals surface area (Å²) in [4.78, 5) is 24.9. The van der Waals surface area contributed by atoms with Gasteiger partial charge >= 0.3 is 5.97 Å². The fourth-order valence-electron chi connectivity index (χ4n) is 1.86.